The molecule has 0 unspecified atom stereocenters. The second-order valence-corrected chi connectivity index (χ2v) is 33.6. The van der Waals surface area contributed by atoms with Gasteiger partial charge < -0.3 is 46.5 Å². The maximum Gasteiger partial charge on any atom is 0.495 e. The van der Waals surface area contributed by atoms with Crippen molar-refractivity contribution in [3.8, 4) is 55.6 Å². The Morgan fingerprint density at radius 3 is 0.908 bits per heavy atom. The van der Waals surface area contributed by atoms with E-state index in [-0.39, 0.29) is 103 Å². The molecule has 10 nitrogen and oxygen atoms in total. The maximum atomic E-state index is 8.14. The molecule has 0 radical (unpaired) electrons. The molecular formula is C94H107B5O10. The van der Waals surface area contributed by atoms with Gasteiger partial charge in [-0.2, -0.15) is 0 Å². The van der Waals surface area contributed by atoms with E-state index in [0.717, 1.165) is 32.9 Å². The highest BCUT2D eigenvalue weighted by Gasteiger charge is 2.56. The van der Waals surface area contributed by atoms with Crippen LogP contribution in [0.15, 0.2) is 285 Å². The van der Waals surface area contributed by atoms with E-state index in [0.29, 0.717) is 5.56 Å². The molecule has 0 aromatic heterocycles. The Hall–Kier alpha value is -8.40. The second-order valence-electron chi connectivity index (χ2n) is 33.6. The Morgan fingerprint density at radius 1 is 0.202 bits per heavy atom. The summed E-state index contributed by atoms with van der Waals surface area (Å²) < 4.78 is 101. The van der Waals surface area contributed by atoms with Gasteiger partial charge in [-0.15, -0.1) is 0 Å². The molecule has 5 aliphatic heterocycles. The summed E-state index contributed by atoms with van der Waals surface area (Å²) in [6.45, 7) is 41.2. The van der Waals surface area contributed by atoms with Crippen LogP contribution in [-0.2, 0) is 46.5 Å². The van der Waals surface area contributed by atoms with Gasteiger partial charge in [-0.25, -0.2) is 0 Å². The summed E-state index contributed by atoms with van der Waals surface area (Å²) in [5.74, 6) is 0. The van der Waals surface area contributed by atoms with Crippen molar-refractivity contribution in [1.29, 1.82) is 0 Å². The van der Waals surface area contributed by atoms with E-state index in [1.807, 2.05) is 64.1 Å². The van der Waals surface area contributed by atoms with Gasteiger partial charge in [-0.3, -0.25) is 0 Å². The first-order valence-electron chi connectivity index (χ1n) is 40.5. The molecule has 11 aromatic rings. The minimum absolute atomic E-state index is 0.175. The second kappa shape index (κ2) is 31.8. The molecule has 558 valence electrons. The minimum Gasteiger partial charge on any atom is -0.399 e. The molecule has 5 aliphatic rings. The maximum absolute atomic E-state index is 8.14. The van der Waals surface area contributed by atoms with Crippen molar-refractivity contribution < 1.29 is 53.4 Å². The SMILES string of the molecule is CC1(C)OB(c2ccc(-c3ccccc3)c3ccccc23)OC1(C)C.CC1(C)OB(c2ccc(-c3ccccc3)cc2)OC1(C)C.CC1(C)OB(c2cccc(-c3ccccc3)c2)OC1(C)C.CC1(C)OB(c2ccccc2-c2ccccc2)OC1(C)C.[2H]c1c([2H])c([2H])c(-c2cccc(B3OC(C)(C)C(C)(C)O3)c2)c([2H])c1[2H]. The van der Waals surface area contributed by atoms with Crippen LogP contribution in [0, 0.1) is 0 Å². The van der Waals surface area contributed by atoms with Gasteiger partial charge in [0.1, 0.15) is 0 Å². The van der Waals surface area contributed by atoms with Gasteiger partial charge in [0.2, 0.25) is 0 Å². The van der Waals surface area contributed by atoms with Crippen LogP contribution in [0.5, 0.6) is 0 Å². The Balaban J connectivity index is 0.000000132. The Morgan fingerprint density at radius 2 is 0.495 bits per heavy atom. The van der Waals surface area contributed by atoms with Gasteiger partial charge in [0.05, 0.1) is 62.9 Å². The molecule has 11 aromatic carbocycles. The van der Waals surface area contributed by atoms with Gasteiger partial charge in [0.25, 0.3) is 0 Å². The number of fused-ring (bicyclic) bond motifs is 1. The fourth-order valence-electron chi connectivity index (χ4n) is 13.1. The third kappa shape index (κ3) is 17.7. The zero-order valence-corrected chi connectivity index (χ0v) is 67.2. The van der Waals surface area contributed by atoms with E-state index in [1.54, 1.807) is 18.2 Å². The van der Waals surface area contributed by atoms with E-state index in [9.17, 15) is 0 Å². The van der Waals surface area contributed by atoms with Gasteiger partial charge >= 0.3 is 35.6 Å². The predicted molar refractivity (Wildman–Crippen MR) is 455 cm³/mol. The largest absolute Gasteiger partial charge is 0.495 e. The molecule has 5 fully saturated rings. The Labute approximate surface area is 658 Å². The summed E-state index contributed by atoms with van der Waals surface area (Å²) >= 11 is 0. The number of benzene rings is 11. The van der Waals surface area contributed by atoms with Gasteiger partial charge in [0, 0.05) is 0 Å². The average molecular weight is 1460 g/mol. The summed E-state index contributed by atoms with van der Waals surface area (Å²) in [7, 11) is -1.85. The highest BCUT2D eigenvalue weighted by Crippen LogP contribution is 2.42. The third-order valence-electron chi connectivity index (χ3n) is 23.4. The van der Waals surface area contributed by atoms with Crippen molar-refractivity contribution in [3.05, 3.63) is 285 Å². The molecule has 0 bridgehead atoms. The lowest BCUT2D eigenvalue weighted by atomic mass is 9.74. The smallest absolute Gasteiger partial charge is 0.399 e. The number of hydrogen-bond donors (Lipinski definition) is 0. The molecule has 5 heterocycles. The summed E-state index contributed by atoms with van der Waals surface area (Å²) in [4.78, 5) is 0. The van der Waals surface area contributed by atoms with Crippen LogP contribution >= 0.6 is 0 Å². The van der Waals surface area contributed by atoms with Gasteiger partial charge in [0.15, 0.2) is 0 Å². The minimum atomic E-state index is -0.579. The van der Waals surface area contributed by atoms with Crippen molar-refractivity contribution in [2.24, 2.45) is 0 Å². The van der Waals surface area contributed by atoms with Crippen LogP contribution in [0.25, 0.3) is 66.4 Å². The van der Waals surface area contributed by atoms with E-state index >= 15 is 0 Å². The van der Waals surface area contributed by atoms with Crippen molar-refractivity contribution >= 4 is 73.7 Å². The number of hydrogen-bond acceptors (Lipinski definition) is 10. The summed E-state index contributed by atoms with van der Waals surface area (Å²) in [6, 6.07) is 85.1. The third-order valence-corrected chi connectivity index (χ3v) is 23.4. The van der Waals surface area contributed by atoms with Gasteiger partial charge in [-0.05, 0) is 232 Å². The van der Waals surface area contributed by atoms with Gasteiger partial charge in [-0.1, -0.05) is 285 Å². The molecule has 0 atom stereocenters. The normalized spacial score (nSPS) is 20.1. The number of rotatable bonds is 10. The van der Waals surface area contributed by atoms with Crippen molar-refractivity contribution in [2.75, 3.05) is 0 Å². The molecule has 0 N–H and O–H groups in total. The molecule has 0 saturated carbocycles. The summed E-state index contributed by atoms with van der Waals surface area (Å²) in [6.07, 6.45) is 0. The van der Waals surface area contributed by atoms with E-state index in [2.05, 4.69) is 311 Å². The predicted octanol–water partition coefficient (Wildman–Crippen LogP) is 19.4. The van der Waals surface area contributed by atoms with Crippen LogP contribution in [-0.4, -0.2) is 91.6 Å². The fourth-order valence-corrected chi connectivity index (χ4v) is 13.1. The lowest BCUT2D eigenvalue weighted by molar-refractivity contribution is 0.00578. The van der Waals surface area contributed by atoms with E-state index in [1.165, 1.54) is 49.7 Å². The molecule has 0 aliphatic carbocycles. The summed E-state index contributed by atoms with van der Waals surface area (Å²) in [5.41, 5.74) is 11.9. The Kier molecular flexibility index (Phi) is 21.4. The highest BCUT2D eigenvalue weighted by molar-refractivity contribution is 6.66. The quantitative estimate of drug-likeness (QED) is 0.123. The van der Waals surface area contributed by atoms with Crippen LogP contribution in [0.2, 0.25) is 0 Å². The standard InChI is InChI=1S/C22H23BO2.4C18H21BO2/c1-21(2)22(3,4)25-23(24-21)20-15-14-17(16-10-6-5-7-11-16)18-12-8-9-13-19(18)20;1-17(2)18(3,4)21-19(20-17)16-13-9-8-12-15(16)14-10-6-5-7-11-14;2*1-17(2)18(3,4)21-19(20-17)16-12-8-11-15(13-16)14-9-6-5-7-10-14;1-17(2)18(3,4)21-19(20-17)16-12-10-15(11-13-16)14-8-6-5-7-9-14/h5-15H,1-4H3;4*5-13H,1-4H3/i;;5D,6D,7D,9D,10D;;. The molecular weight excluding hydrogens is 1340 g/mol. The zero-order valence-electron chi connectivity index (χ0n) is 72.2. The molecule has 15 heteroatoms. The molecule has 109 heavy (non-hydrogen) atoms. The van der Waals surface area contributed by atoms with Crippen LogP contribution < -0.4 is 27.3 Å². The van der Waals surface area contributed by atoms with Crippen LogP contribution in [0.1, 0.15) is 145 Å². The van der Waals surface area contributed by atoms with Crippen molar-refractivity contribution in [3.63, 3.8) is 0 Å². The van der Waals surface area contributed by atoms with E-state index < -0.39 is 24.4 Å². The zero-order chi connectivity index (χ0) is 82.4. The van der Waals surface area contributed by atoms with E-state index in [4.69, 9.17) is 53.4 Å². The van der Waals surface area contributed by atoms with Crippen molar-refractivity contribution in [2.45, 2.75) is 194 Å². The average Bonchev–Trinajstić information content (AvgIpc) is 1.42. The lowest BCUT2D eigenvalue weighted by Gasteiger charge is -2.32. The van der Waals surface area contributed by atoms with Crippen LogP contribution in [0.4, 0.5) is 0 Å². The van der Waals surface area contributed by atoms with Crippen LogP contribution in [0.3, 0.4) is 0 Å². The summed E-state index contributed by atoms with van der Waals surface area (Å²) in [5, 5.41) is 2.41. The Bertz CT molecular complexity index is 5080. The van der Waals surface area contributed by atoms with Crippen molar-refractivity contribution in [1.82, 2.24) is 0 Å². The molecule has 0 amide bonds. The topological polar surface area (TPSA) is 92.3 Å². The first-order valence-corrected chi connectivity index (χ1v) is 38.0. The first-order chi connectivity index (χ1) is 53.5. The lowest BCUT2D eigenvalue weighted by Crippen LogP contribution is -2.41. The highest BCUT2D eigenvalue weighted by atomic mass is 16.7. The molecule has 5 saturated heterocycles. The first kappa shape index (κ1) is 73.4. The molecule has 0 spiro atoms. The monoisotopic (exact) mass is 1460 g/mol. The fraction of sp³-hybridized carbons (Fsp3) is 0.319. The molecule has 16 rings (SSSR count).